The van der Waals surface area contributed by atoms with Crippen molar-refractivity contribution in [3.8, 4) is 5.75 Å². The molecule has 0 amide bonds. The lowest BCUT2D eigenvalue weighted by Crippen LogP contribution is -2.28. The monoisotopic (exact) mass is 333 g/mol. The minimum Gasteiger partial charge on any atom is -0.508 e. The van der Waals surface area contributed by atoms with Gasteiger partial charge in [-0.05, 0) is 46.5 Å². The van der Waals surface area contributed by atoms with Gasteiger partial charge in [-0.15, -0.1) is 0 Å². The first-order valence-corrected chi connectivity index (χ1v) is 8.57. The van der Waals surface area contributed by atoms with Crippen LogP contribution in [-0.4, -0.2) is 23.1 Å². The Labute approximate surface area is 146 Å². The Hall–Kier alpha value is -2.65. The molecule has 0 bridgehead atoms. The number of hydrogen-bond donors (Lipinski definition) is 1. The van der Waals surface area contributed by atoms with Crippen molar-refractivity contribution >= 4 is 16.3 Å². The van der Waals surface area contributed by atoms with Crippen molar-refractivity contribution in [2.24, 2.45) is 0 Å². The van der Waals surface area contributed by atoms with Gasteiger partial charge in [-0.1, -0.05) is 48.5 Å². The molecule has 3 aromatic rings. The van der Waals surface area contributed by atoms with Crippen LogP contribution in [0.15, 0.2) is 66.7 Å². The maximum absolute atomic E-state index is 13.1. The van der Waals surface area contributed by atoms with Crippen molar-refractivity contribution in [2.45, 2.75) is 13.0 Å². The summed E-state index contributed by atoms with van der Waals surface area (Å²) < 4.78 is 13.1. The molecule has 0 saturated carbocycles. The Morgan fingerprint density at radius 2 is 1.76 bits per heavy atom. The van der Waals surface area contributed by atoms with Crippen molar-refractivity contribution in [2.75, 3.05) is 13.1 Å². The van der Waals surface area contributed by atoms with Crippen molar-refractivity contribution in [3.05, 3.63) is 83.7 Å². The molecular weight excluding hydrogens is 313 g/mol. The lowest BCUT2D eigenvalue weighted by molar-refractivity contribution is 0.290. The molecule has 1 heterocycles. The number of hydrogen-bond acceptors (Lipinski definition) is 2. The molecule has 0 atom stereocenters. The third-order valence-corrected chi connectivity index (χ3v) is 4.91. The molecular formula is C22H20FNO. The summed E-state index contributed by atoms with van der Waals surface area (Å²) in [5, 5.41) is 12.6. The smallest absolute Gasteiger partial charge is 0.123 e. The quantitative estimate of drug-likeness (QED) is 0.731. The van der Waals surface area contributed by atoms with Gasteiger partial charge in [-0.2, -0.15) is 0 Å². The van der Waals surface area contributed by atoms with Crippen LogP contribution < -0.4 is 0 Å². The van der Waals surface area contributed by atoms with Gasteiger partial charge in [0.2, 0.25) is 0 Å². The summed E-state index contributed by atoms with van der Waals surface area (Å²) in [6.07, 6.45) is 3.13. The molecule has 3 heteroatoms. The maximum atomic E-state index is 13.1. The number of nitrogens with zero attached hydrogens (tertiary/aromatic N) is 1. The van der Waals surface area contributed by atoms with Crippen molar-refractivity contribution in [3.63, 3.8) is 0 Å². The van der Waals surface area contributed by atoms with Crippen LogP contribution in [0.1, 0.15) is 17.5 Å². The molecule has 1 N–H and O–H groups in total. The molecule has 0 spiro atoms. The molecule has 1 aliphatic heterocycles. The highest BCUT2D eigenvalue weighted by Gasteiger charge is 2.16. The Morgan fingerprint density at radius 3 is 2.52 bits per heavy atom. The van der Waals surface area contributed by atoms with Crippen molar-refractivity contribution in [1.82, 2.24) is 4.90 Å². The topological polar surface area (TPSA) is 23.5 Å². The van der Waals surface area contributed by atoms with Crippen LogP contribution in [0.4, 0.5) is 4.39 Å². The first kappa shape index (κ1) is 15.9. The highest BCUT2D eigenvalue weighted by Crippen LogP contribution is 2.30. The number of phenolic OH excluding ortho intramolecular Hbond substituents is 1. The van der Waals surface area contributed by atoms with Crippen LogP contribution in [0.5, 0.6) is 5.75 Å². The summed E-state index contributed by atoms with van der Waals surface area (Å²) in [4.78, 5) is 2.33. The lowest BCUT2D eigenvalue weighted by Gasteiger charge is -2.27. The van der Waals surface area contributed by atoms with Crippen LogP contribution in [0, 0.1) is 5.82 Å². The molecule has 0 aromatic heterocycles. The maximum Gasteiger partial charge on any atom is 0.123 e. The number of fused-ring (bicyclic) bond motifs is 1. The third-order valence-electron chi connectivity index (χ3n) is 4.91. The fraction of sp³-hybridized carbons (Fsp3) is 0.182. The van der Waals surface area contributed by atoms with Crippen LogP contribution >= 0.6 is 0 Å². The second kappa shape index (κ2) is 6.69. The first-order chi connectivity index (χ1) is 12.2. The van der Waals surface area contributed by atoms with E-state index in [0.717, 1.165) is 48.0 Å². The molecule has 126 valence electrons. The van der Waals surface area contributed by atoms with Crippen LogP contribution in [0.2, 0.25) is 0 Å². The minimum atomic E-state index is -0.201. The van der Waals surface area contributed by atoms with Gasteiger partial charge in [0.15, 0.2) is 0 Å². The molecule has 4 rings (SSSR count). The van der Waals surface area contributed by atoms with Crippen molar-refractivity contribution < 1.29 is 9.50 Å². The second-order valence-electron chi connectivity index (χ2n) is 6.51. The van der Waals surface area contributed by atoms with E-state index in [4.69, 9.17) is 0 Å². The summed E-state index contributed by atoms with van der Waals surface area (Å²) >= 11 is 0. The standard InChI is InChI=1S/C22H20FNO/c23-19-8-5-16(6-9-19)17-11-13-24(14-12-17)15-21-20-4-2-1-3-18(20)7-10-22(21)25/h1-11,25H,12-15H2. The largest absolute Gasteiger partial charge is 0.508 e. The number of aromatic hydroxyl groups is 1. The summed E-state index contributed by atoms with van der Waals surface area (Å²) in [7, 11) is 0. The van der Waals surface area contributed by atoms with E-state index < -0.39 is 0 Å². The van der Waals surface area contributed by atoms with Gasteiger partial charge in [0.1, 0.15) is 11.6 Å². The van der Waals surface area contributed by atoms with E-state index >= 15 is 0 Å². The fourth-order valence-corrected chi connectivity index (χ4v) is 3.50. The Kier molecular flexibility index (Phi) is 4.24. The molecule has 0 fully saturated rings. The fourth-order valence-electron chi connectivity index (χ4n) is 3.50. The van der Waals surface area contributed by atoms with E-state index in [1.165, 1.54) is 17.7 Å². The molecule has 2 nitrogen and oxygen atoms in total. The SMILES string of the molecule is Oc1ccc2ccccc2c1CN1CC=C(c2ccc(F)cc2)CC1. The van der Waals surface area contributed by atoms with E-state index in [-0.39, 0.29) is 5.82 Å². The number of phenols is 1. The van der Waals surface area contributed by atoms with Gasteiger partial charge in [-0.3, -0.25) is 4.90 Å². The Morgan fingerprint density at radius 1 is 0.960 bits per heavy atom. The molecule has 1 aliphatic rings. The summed E-state index contributed by atoms with van der Waals surface area (Å²) in [6, 6.07) is 18.6. The van der Waals surface area contributed by atoms with Crippen LogP contribution in [0.3, 0.4) is 0 Å². The van der Waals surface area contributed by atoms with Gasteiger partial charge in [0, 0.05) is 25.2 Å². The summed E-state index contributed by atoms with van der Waals surface area (Å²) in [6.45, 7) is 2.47. The van der Waals surface area contributed by atoms with E-state index in [1.807, 2.05) is 30.3 Å². The lowest BCUT2D eigenvalue weighted by atomic mass is 9.98. The molecule has 0 unspecified atom stereocenters. The predicted molar refractivity (Wildman–Crippen MR) is 99.9 cm³/mol. The zero-order valence-corrected chi connectivity index (χ0v) is 14.0. The van der Waals surface area contributed by atoms with Gasteiger partial charge in [0.25, 0.3) is 0 Å². The minimum absolute atomic E-state index is 0.201. The van der Waals surface area contributed by atoms with Crippen LogP contribution in [0.25, 0.3) is 16.3 Å². The zero-order valence-electron chi connectivity index (χ0n) is 14.0. The summed E-state index contributed by atoms with van der Waals surface area (Å²) in [5.41, 5.74) is 3.34. The van der Waals surface area contributed by atoms with Gasteiger partial charge >= 0.3 is 0 Å². The van der Waals surface area contributed by atoms with Gasteiger partial charge in [-0.25, -0.2) is 4.39 Å². The number of halogens is 1. The highest BCUT2D eigenvalue weighted by molar-refractivity contribution is 5.87. The molecule has 3 aromatic carbocycles. The first-order valence-electron chi connectivity index (χ1n) is 8.57. The molecule has 0 radical (unpaired) electrons. The average molecular weight is 333 g/mol. The number of benzene rings is 3. The van der Waals surface area contributed by atoms with E-state index in [0.29, 0.717) is 5.75 Å². The highest BCUT2D eigenvalue weighted by atomic mass is 19.1. The van der Waals surface area contributed by atoms with Gasteiger partial charge in [0.05, 0.1) is 0 Å². The van der Waals surface area contributed by atoms with Crippen molar-refractivity contribution in [1.29, 1.82) is 0 Å². The van der Waals surface area contributed by atoms with E-state index in [2.05, 4.69) is 23.1 Å². The van der Waals surface area contributed by atoms with E-state index in [1.54, 1.807) is 6.07 Å². The molecule has 0 saturated heterocycles. The Balaban J connectivity index is 1.54. The normalized spacial score (nSPS) is 15.3. The summed E-state index contributed by atoms with van der Waals surface area (Å²) in [5.74, 6) is 0.153. The van der Waals surface area contributed by atoms with E-state index in [9.17, 15) is 9.50 Å². The predicted octanol–water partition coefficient (Wildman–Crippen LogP) is 4.97. The third kappa shape index (κ3) is 3.28. The molecule has 0 aliphatic carbocycles. The second-order valence-corrected chi connectivity index (χ2v) is 6.51. The zero-order chi connectivity index (χ0) is 17.2. The number of rotatable bonds is 3. The van der Waals surface area contributed by atoms with Crippen LogP contribution in [-0.2, 0) is 6.54 Å². The van der Waals surface area contributed by atoms with Gasteiger partial charge < -0.3 is 5.11 Å². The molecule has 25 heavy (non-hydrogen) atoms. The Bertz CT molecular complexity index is 930. The average Bonchev–Trinajstić information content (AvgIpc) is 2.65.